The van der Waals surface area contributed by atoms with Crippen LogP contribution in [0.2, 0.25) is 0 Å². The molecule has 0 heterocycles. The molecule has 40 heavy (non-hydrogen) atoms. The highest BCUT2D eigenvalue weighted by Crippen LogP contribution is 2.12. The van der Waals surface area contributed by atoms with E-state index in [0.29, 0.717) is 11.3 Å². The zero-order valence-corrected chi connectivity index (χ0v) is 22.9. The summed E-state index contributed by atoms with van der Waals surface area (Å²) in [4.78, 5) is 73.5. The number of carbonyl (C=O) groups excluding carboxylic acids is 5. The van der Waals surface area contributed by atoms with Crippen LogP contribution in [0.5, 0.6) is 5.75 Å². The van der Waals surface area contributed by atoms with Gasteiger partial charge < -0.3 is 48.1 Å². The van der Waals surface area contributed by atoms with E-state index < -0.39 is 78.7 Å². The van der Waals surface area contributed by atoms with Crippen molar-refractivity contribution >= 4 is 47.3 Å². The molecule has 0 aromatic heterocycles. The summed E-state index contributed by atoms with van der Waals surface area (Å²) >= 11 is 1.34. The van der Waals surface area contributed by atoms with E-state index in [1.807, 2.05) is 0 Å². The summed E-state index contributed by atoms with van der Waals surface area (Å²) in [7, 11) is 0. The number of hydrogen-bond donors (Lipinski definition) is 9. The first-order valence-corrected chi connectivity index (χ1v) is 13.5. The Balaban J connectivity index is 3.10. The maximum atomic E-state index is 13.1. The summed E-state index contributed by atoms with van der Waals surface area (Å²) in [6.45, 7) is 0.807. The van der Waals surface area contributed by atoms with Gasteiger partial charge in [0.2, 0.25) is 29.5 Å². The molecule has 0 aliphatic carbocycles. The monoisotopic (exact) mass is 584 g/mol. The molecule has 5 amide bonds. The lowest BCUT2D eigenvalue weighted by Crippen LogP contribution is -2.61. The smallest absolute Gasteiger partial charge is 0.326 e. The fourth-order valence-electron chi connectivity index (χ4n) is 3.43. The van der Waals surface area contributed by atoms with Gasteiger partial charge in [0.15, 0.2) is 0 Å². The van der Waals surface area contributed by atoms with Crippen LogP contribution in [0.25, 0.3) is 0 Å². The number of aromatic hydroxyl groups is 1. The van der Waals surface area contributed by atoms with E-state index in [1.165, 1.54) is 43.0 Å². The number of aliphatic hydroxyl groups excluding tert-OH is 1. The summed E-state index contributed by atoms with van der Waals surface area (Å²) < 4.78 is 0. The Morgan fingerprint density at radius 3 is 1.98 bits per heavy atom. The van der Waals surface area contributed by atoms with Crippen molar-refractivity contribution in [2.24, 2.45) is 11.5 Å². The molecule has 1 aromatic rings. The fourth-order valence-corrected chi connectivity index (χ4v) is 3.90. The Kier molecular flexibility index (Phi) is 14.5. The van der Waals surface area contributed by atoms with Crippen LogP contribution in [0.15, 0.2) is 24.3 Å². The lowest BCUT2D eigenvalue weighted by molar-refractivity contribution is -0.144. The number of nitrogens with one attached hydrogen (secondary N) is 4. The highest BCUT2D eigenvalue weighted by molar-refractivity contribution is 7.98. The average molecular weight is 585 g/mol. The molecule has 0 saturated carbocycles. The molecule has 0 aliphatic rings. The van der Waals surface area contributed by atoms with Gasteiger partial charge in [-0.05, 0) is 43.0 Å². The molecule has 11 N–H and O–H groups in total. The van der Waals surface area contributed by atoms with Crippen molar-refractivity contribution < 1.29 is 44.1 Å². The van der Waals surface area contributed by atoms with Crippen LogP contribution in [0.4, 0.5) is 0 Å². The largest absolute Gasteiger partial charge is 0.508 e. The number of benzene rings is 1. The molecule has 1 rings (SSSR count). The third-order valence-corrected chi connectivity index (χ3v) is 6.18. The number of phenolic OH excluding ortho intramolecular Hbond substituents is 1. The van der Waals surface area contributed by atoms with Crippen molar-refractivity contribution in [1.82, 2.24) is 21.3 Å². The van der Waals surface area contributed by atoms with Gasteiger partial charge in [0.05, 0.1) is 19.1 Å². The highest BCUT2D eigenvalue weighted by Gasteiger charge is 2.33. The Morgan fingerprint density at radius 2 is 1.48 bits per heavy atom. The van der Waals surface area contributed by atoms with Gasteiger partial charge in [-0.2, -0.15) is 11.8 Å². The van der Waals surface area contributed by atoms with Crippen LogP contribution < -0.4 is 32.7 Å². The summed E-state index contributed by atoms with van der Waals surface area (Å²) in [6, 6.07) is 0.139. The molecule has 0 spiro atoms. The topological polar surface area (TPSA) is 263 Å². The number of amides is 5. The van der Waals surface area contributed by atoms with Gasteiger partial charge in [0, 0.05) is 6.42 Å². The van der Waals surface area contributed by atoms with E-state index in [9.17, 15) is 44.1 Å². The molecule has 0 unspecified atom stereocenters. The van der Waals surface area contributed by atoms with Crippen molar-refractivity contribution in [2.45, 2.75) is 56.5 Å². The van der Waals surface area contributed by atoms with Crippen molar-refractivity contribution in [1.29, 1.82) is 0 Å². The zero-order chi connectivity index (χ0) is 30.4. The Labute approximate surface area is 234 Å². The van der Waals surface area contributed by atoms with E-state index in [4.69, 9.17) is 11.5 Å². The maximum Gasteiger partial charge on any atom is 0.326 e. The van der Waals surface area contributed by atoms with Gasteiger partial charge in [0.1, 0.15) is 29.9 Å². The number of carbonyl (C=O) groups is 6. The number of rotatable bonds is 17. The second-order valence-corrected chi connectivity index (χ2v) is 9.82. The number of hydrogen-bond acceptors (Lipinski definition) is 10. The van der Waals surface area contributed by atoms with Crippen LogP contribution in [-0.4, -0.2) is 99.6 Å². The predicted octanol–water partition coefficient (Wildman–Crippen LogP) is -3.07. The van der Waals surface area contributed by atoms with Crippen molar-refractivity contribution in [2.75, 3.05) is 18.6 Å². The Bertz CT molecular complexity index is 1050. The number of carboxylic acid groups (broad SMARTS) is 1. The number of aliphatic hydroxyl groups is 1. The summed E-state index contributed by atoms with van der Waals surface area (Å²) in [5.74, 6) is -5.47. The van der Waals surface area contributed by atoms with Gasteiger partial charge in [-0.1, -0.05) is 12.1 Å². The molecule has 222 valence electrons. The number of primary amides is 1. The minimum absolute atomic E-state index is 0.00838. The third kappa shape index (κ3) is 11.9. The first-order chi connectivity index (χ1) is 18.8. The standard InChI is InChI=1S/C24H36N6O9S/c1-12(31)20(30-22(36)16(27-19(34)11-25)9-13-3-5-14(32)6-4-13)23(37)28-15(7-8-40-2)21(35)29-17(24(38)39)10-18(26)33/h3-6,12,15-17,20,31-32H,7-11,25H2,1-2H3,(H2,26,33)(H,27,34)(H,28,37)(H,29,35)(H,30,36)(H,38,39)/t12-,15+,16+,17+,20+/m1/s1. The lowest BCUT2D eigenvalue weighted by atomic mass is 10.0. The minimum Gasteiger partial charge on any atom is -0.508 e. The zero-order valence-electron chi connectivity index (χ0n) is 22.1. The predicted molar refractivity (Wildman–Crippen MR) is 145 cm³/mol. The number of phenols is 1. The van der Waals surface area contributed by atoms with Crippen LogP contribution in [0, 0.1) is 0 Å². The maximum absolute atomic E-state index is 13.1. The van der Waals surface area contributed by atoms with Crippen molar-refractivity contribution in [3.63, 3.8) is 0 Å². The van der Waals surface area contributed by atoms with Crippen LogP contribution in [0.3, 0.4) is 0 Å². The quantitative estimate of drug-likeness (QED) is 0.0886. The average Bonchev–Trinajstić information content (AvgIpc) is 2.88. The van der Waals surface area contributed by atoms with Crippen LogP contribution >= 0.6 is 11.8 Å². The van der Waals surface area contributed by atoms with E-state index in [0.717, 1.165) is 0 Å². The fraction of sp³-hybridized carbons (Fsp3) is 0.500. The normalized spacial score (nSPS) is 14.5. The second kappa shape index (κ2) is 16.9. The molecular weight excluding hydrogens is 548 g/mol. The molecule has 0 aliphatic heterocycles. The number of carboxylic acids is 1. The molecule has 0 fully saturated rings. The van der Waals surface area contributed by atoms with Gasteiger partial charge in [-0.15, -0.1) is 0 Å². The van der Waals surface area contributed by atoms with E-state index >= 15 is 0 Å². The molecule has 0 radical (unpaired) electrons. The molecule has 5 atom stereocenters. The van der Waals surface area contributed by atoms with E-state index in [2.05, 4.69) is 21.3 Å². The lowest BCUT2D eigenvalue weighted by Gasteiger charge is -2.27. The Hall–Kier alpha value is -3.89. The van der Waals surface area contributed by atoms with Gasteiger partial charge in [-0.25, -0.2) is 4.79 Å². The molecule has 16 heteroatoms. The number of aliphatic carboxylic acids is 1. The first kappa shape index (κ1) is 34.1. The van der Waals surface area contributed by atoms with Crippen molar-refractivity contribution in [3.8, 4) is 5.75 Å². The SMILES string of the molecule is CSCC[C@H](NC(=O)[C@@H](NC(=O)[C@H](Cc1ccc(O)cc1)NC(=O)CN)[C@@H](C)O)C(=O)N[C@@H](CC(N)=O)C(=O)O. The summed E-state index contributed by atoms with van der Waals surface area (Å²) in [5, 5.41) is 38.4. The number of nitrogens with two attached hydrogens (primary N) is 2. The summed E-state index contributed by atoms with van der Waals surface area (Å²) in [5.41, 5.74) is 11.0. The highest BCUT2D eigenvalue weighted by atomic mass is 32.2. The van der Waals surface area contributed by atoms with Crippen LogP contribution in [-0.2, 0) is 35.2 Å². The Morgan fingerprint density at radius 1 is 0.900 bits per heavy atom. The van der Waals surface area contributed by atoms with E-state index in [1.54, 1.807) is 6.26 Å². The molecule has 15 nitrogen and oxygen atoms in total. The first-order valence-electron chi connectivity index (χ1n) is 12.2. The van der Waals surface area contributed by atoms with Crippen molar-refractivity contribution in [3.05, 3.63) is 29.8 Å². The number of thioether (sulfide) groups is 1. The summed E-state index contributed by atoms with van der Waals surface area (Å²) in [6.07, 6.45) is -0.367. The molecular formula is C24H36N6O9S. The third-order valence-electron chi connectivity index (χ3n) is 5.54. The van der Waals surface area contributed by atoms with E-state index in [-0.39, 0.29) is 18.6 Å². The molecule has 0 saturated heterocycles. The molecule has 0 bridgehead atoms. The van der Waals surface area contributed by atoms with Crippen LogP contribution in [0.1, 0.15) is 25.3 Å². The molecule has 1 aromatic carbocycles. The van der Waals surface area contributed by atoms with Gasteiger partial charge >= 0.3 is 5.97 Å². The minimum atomic E-state index is -1.63. The second-order valence-electron chi connectivity index (χ2n) is 8.83. The van der Waals surface area contributed by atoms with Gasteiger partial charge in [0.25, 0.3) is 0 Å². The van der Waals surface area contributed by atoms with Gasteiger partial charge in [-0.3, -0.25) is 24.0 Å².